The third kappa shape index (κ3) is 3.35. The molecule has 0 aliphatic carbocycles. The van der Waals surface area contributed by atoms with Crippen LogP contribution in [0.5, 0.6) is 0 Å². The van der Waals surface area contributed by atoms with Gasteiger partial charge in [0.2, 0.25) is 0 Å². The molecule has 2 aliphatic rings. The number of hydrogen-bond acceptors (Lipinski definition) is 7. The number of carbonyl (C=O) groups excluding carboxylic acids is 2. The number of thiophene rings is 1. The Hall–Kier alpha value is -2.69. The van der Waals surface area contributed by atoms with Crippen LogP contribution in [0.15, 0.2) is 63.8 Å². The van der Waals surface area contributed by atoms with Gasteiger partial charge in [-0.25, -0.2) is 8.42 Å². The Morgan fingerprint density at radius 3 is 2.68 bits per heavy atom. The number of thioether (sulfide) groups is 1. The Balaban J connectivity index is 1.43. The summed E-state index contributed by atoms with van der Waals surface area (Å²) in [5.74, 6) is -0.879. The predicted molar refractivity (Wildman–Crippen MR) is 119 cm³/mol. The molecule has 2 aromatic heterocycles. The molecule has 2 aliphatic heterocycles. The summed E-state index contributed by atoms with van der Waals surface area (Å²) >= 11 is 2.73. The Kier molecular flexibility index (Phi) is 4.87. The molecule has 0 saturated carbocycles. The van der Waals surface area contributed by atoms with Crippen molar-refractivity contribution in [1.82, 2.24) is 9.88 Å². The molecule has 0 unspecified atom stereocenters. The van der Waals surface area contributed by atoms with Crippen LogP contribution in [0.2, 0.25) is 0 Å². The normalized spacial score (nSPS) is 18.3. The maximum atomic E-state index is 13.4. The van der Waals surface area contributed by atoms with Crippen molar-refractivity contribution in [1.29, 1.82) is 0 Å². The number of aromatic nitrogens is 1. The minimum Gasteiger partial charge on any atom is -0.268 e. The van der Waals surface area contributed by atoms with Gasteiger partial charge in [-0.05, 0) is 36.4 Å². The Morgan fingerprint density at radius 2 is 1.87 bits per heavy atom. The standard InChI is InChI=1S/C21H17N3O4S3/c1-13-11-24(16-6-2-3-7-17(16)29-13)31(27,28)18-9-8-14(30-18)12-23-20(25)15-5-4-10-22-19(15)21(23)26/h2-10,13H,11-12H2,1H3/t13-/m1/s1. The molecule has 1 atom stereocenters. The van der Waals surface area contributed by atoms with E-state index in [0.717, 1.165) is 21.1 Å². The van der Waals surface area contributed by atoms with Crippen LogP contribution in [0.1, 0.15) is 32.6 Å². The third-order valence-electron chi connectivity index (χ3n) is 5.11. The number of hydrogen-bond donors (Lipinski definition) is 0. The summed E-state index contributed by atoms with van der Waals surface area (Å²) in [5.41, 5.74) is 1.08. The highest BCUT2D eigenvalue weighted by molar-refractivity contribution is 8.00. The van der Waals surface area contributed by atoms with Gasteiger partial charge in [-0.15, -0.1) is 23.1 Å². The first-order valence-electron chi connectivity index (χ1n) is 9.54. The van der Waals surface area contributed by atoms with Crippen molar-refractivity contribution in [3.05, 3.63) is 70.9 Å². The highest BCUT2D eigenvalue weighted by Gasteiger charge is 2.37. The molecule has 158 valence electrons. The van der Waals surface area contributed by atoms with E-state index in [-0.39, 0.29) is 27.3 Å². The van der Waals surface area contributed by atoms with Gasteiger partial charge in [-0.2, -0.15) is 0 Å². The average Bonchev–Trinajstić information content (AvgIpc) is 3.33. The van der Waals surface area contributed by atoms with Crippen molar-refractivity contribution >= 4 is 50.6 Å². The molecule has 0 N–H and O–H groups in total. The molecule has 0 fully saturated rings. The second-order valence-corrected chi connectivity index (χ2v) is 12.0. The monoisotopic (exact) mass is 471 g/mol. The van der Waals surface area contributed by atoms with E-state index < -0.39 is 21.8 Å². The molecule has 0 bridgehead atoms. The molecular formula is C21H17N3O4S3. The SMILES string of the molecule is C[C@@H]1CN(S(=O)(=O)c2ccc(CN3C(=O)c4cccnc4C3=O)s2)c2ccccc2S1. The summed E-state index contributed by atoms with van der Waals surface area (Å²) in [6.07, 6.45) is 1.47. The van der Waals surface area contributed by atoms with Crippen LogP contribution in [0, 0.1) is 0 Å². The molecule has 5 rings (SSSR count). The summed E-state index contributed by atoms with van der Waals surface area (Å²) in [7, 11) is -3.76. The second kappa shape index (κ2) is 7.47. The topological polar surface area (TPSA) is 87.7 Å². The fraction of sp³-hybridized carbons (Fsp3) is 0.190. The Morgan fingerprint density at radius 1 is 1.06 bits per heavy atom. The summed E-state index contributed by atoms with van der Waals surface area (Å²) in [4.78, 5) is 31.8. The van der Waals surface area contributed by atoms with E-state index in [4.69, 9.17) is 0 Å². The zero-order valence-corrected chi connectivity index (χ0v) is 18.8. The molecule has 0 saturated heterocycles. The average molecular weight is 472 g/mol. The van der Waals surface area contributed by atoms with Gasteiger partial charge in [-0.1, -0.05) is 19.1 Å². The van der Waals surface area contributed by atoms with Crippen LogP contribution < -0.4 is 4.31 Å². The summed E-state index contributed by atoms with van der Waals surface area (Å²) in [5, 5.41) is 0.120. The minimum atomic E-state index is -3.76. The van der Waals surface area contributed by atoms with Gasteiger partial charge >= 0.3 is 0 Å². The van der Waals surface area contributed by atoms with Gasteiger partial charge in [0.25, 0.3) is 21.8 Å². The largest absolute Gasteiger partial charge is 0.280 e. The number of sulfonamides is 1. The first kappa shape index (κ1) is 20.2. The van der Waals surface area contributed by atoms with E-state index >= 15 is 0 Å². The van der Waals surface area contributed by atoms with Gasteiger partial charge < -0.3 is 0 Å². The van der Waals surface area contributed by atoms with Crippen molar-refractivity contribution in [2.24, 2.45) is 0 Å². The highest BCUT2D eigenvalue weighted by atomic mass is 32.2. The Labute approximate surface area is 187 Å². The number of nitrogens with zero attached hydrogens (tertiary/aromatic N) is 3. The lowest BCUT2D eigenvalue weighted by molar-refractivity contribution is 0.0642. The Bertz CT molecular complexity index is 1280. The quantitative estimate of drug-likeness (QED) is 0.540. The first-order valence-corrected chi connectivity index (χ1v) is 12.7. The van der Waals surface area contributed by atoms with E-state index in [1.165, 1.54) is 10.5 Å². The van der Waals surface area contributed by atoms with Crippen molar-refractivity contribution < 1.29 is 18.0 Å². The van der Waals surface area contributed by atoms with Crippen molar-refractivity contribution in [2.45, 2.75) is 27.8 Å². The van der Waals surface area contributed by atoms with Gasteiger partial charge in [0.15, 0.2) is 0 Å². The van der Waals surface area contributed by atoms with Crippen molar-refractivity contribution in [3.8, 4) is 0 Å². The zero-order chi connectivity index (χ0) is 21.8. The number of amides is 2. The lowest BCUT2D eigenvalue weighted by atomic mass is 10.2. The summed E-state index contributed by atoms with van der Waals surface area (Å²) in [6, 6.07) is 13.8. The first-order chi connectivity index (χ1) is 14.9. The lowest BCUT2D eigenvalue weighted by Gasteiger charge is -2.32. The van der Waals surface area contributed by atoms with E-state index in [1.807, 2.05) is 31.2 Å². The summed E-state index contributed by atoms with van der Waals surface area (Å²) < 4.78 is 28.5. The smallest absolute Gasteiger partial charge is 0.268 e. The predicted octanol–water partition coefficient (Wildman–Crippen LogP) is 3.63. The van der Waals surface area contributed by atoms with Gasteiger partial charge in [0, 0.05) is 27.8 Å². The summed E-state index contributed by atoms with van der Waals surface area (Å²) in [6.45, 7) is 2.39. The maximum Gasteiger partial charge on any atom is 0.280 e. The number of pyridine rings is 1. The molecule has 1 aromatic carbocycles. The number of fused-ring (bicyclic) bond motifs is 2. The highest BCUT2D eigenvalue weighted by Crippen LogP contribution is 2.41. The van der Waals surface area contributed by atoms with Crippen LogP contribution in [0.3, 0.4) is 0 Å². The van der Waals surface area contributed by atoms with E-state index in [0.29, 0.717) is 17.1 Å². The van der Waals surface area contributed by atoms with Gasteiger partial charge in [0.1, 0.15) is 9.90 Å². The van der Waals surface area contributed by atoms with Crippen LogP contribution >= 0.6 is 23.1 Å². The number of imide groups is 1. The van der Waals surface area contributed by atoms with Crippen LogP contribution in [0.25, 0.3) is 0 Å². The molecule has 0 spiro atoms. The van der Waals surface area contributed by atoms with Crippen LogP contribution in [-0.2, 0) is 16.6 Å². The van der Waals surface area contributed by atoms with Crippen molar-refractivity contribution in [2.75, 3.05) is 10.8 Å². The molecule has 2 amide bonds. The molecule has 10 heteroatoms. The van der Waals surface area contributed by atoms with Gasteiger partial charge in [0.05, 0.1) is 17.8 Å². The molecular weight excluding hydrogens is 454 g/mol. The minimum absolute atomic E-state index is 0.0110. The number of anilines is 1. The number of para-hydroxylation sites is 1. The maximum absolute atomic E-state index is 13.4. The number of carbonyl (C=O) groups is 2. The van der Waals surface area contributed by atoms with E-state index in [9.17, 15) is 18.0 Å². The molecule has 3 aromatic rings. The fourth-order valence-electron chi connectivity index (χ4n) is 3.68. The lowest BCUT2D eigenvalue weighted by Crippen LogP contribution is -2.38. The van der Waals surface area contributed by atoms with Crippen LogP contribution in [0.4, 0.5) is 5.69 Å². The molecule has 0 radical (unpaired) electrons. The van der Waals surface area contributed by atoms with E-state index in [1.54, 1.807) is 36.0 Å². The van der Waals surface area contributed by atoms with Crippen molar-refractivity contribution in [3.63, 3.8) is 0 Å². The zero-order valence-electron chi connectivity index (χ0n) is 16.4. The number of benzene rings is 1. The number of rotatable bonds is 4. The molecule has 31 heavy (non-hydrogen) atoms. The second-order valence-electron chi connectivity index (χ2n) is 7.25. The van der Waals surface area contributed by atoms with Gasteiger partial charge in [-0.3, -0.25) is 23.8 Å². The third-order valence-corrected chi connectivity index (χ3v) is 9.58. The molecule has 7 nitrogen and oxygen atoms in total. The van der Waals surface area contributed by atoms with E-state index in [2.05, 4.69) is 4.98 Å². The van der Waals surface area contributed by atoms with Crippen LogP contribution in [-0.4, -0.2) is 41.9 Å². The fourth-order valence-corrected chi connectivity index (χ4v) is 7.98. The molecule has 4 heterocycles.